The van der Waals surface area contributed by atoms with Crippen molar-refractivity contribution in [3.63, 3.8) is 0 Å². The van der Waals surface area contributed by atoms with E-state index in [0.29, 0.717) is 19.3 Å². The molecule has 3 aromatic carbocycles. The molecule has 0 aromatic heterocycles. The van der Waals surface area contributed by atoms with Crippen molar-refractivity contribution in [2.45, 2.75) is 82.8 Å². The van der Waals surface area contributed by atoms with Gasteiger partial charge in [-0.25, -0.2) is 4.79 Å². The predicted molar refractivity (Wildman–Crippen MR) is 159 cm³/mol. The molecule has 3 aromatic rings. The first-order valence-electron chi connectivity index (χ1n) is 14.4. The van der Waals surface area contributed by atoms with E-state index in [1.165, 1.54) is 0 Å². The Hall–Kier alpha value is -3.68. The summed E-state index contributed by atoms with van der Waals surface area (Å²) in [5.74, 6) is -0.850. The molecule has 0 radical (unpaired) electrons. The zero-order valence-electron chi connectivity index (χ0n) is 24.1. The molecule has 0 fully saturated rings. The number of nitrogens with one attached hydrogen (secondary N) is 2. The fraction of sp³-hybridized carbons (Fsp3) is 0.412. The SMILES string of the molecule is CC(C)(C)OC(=O)N[C@@H](Cc1ccccc1)[C@@H](O)C[C@@H](Cc1ccccc1)C(=O)NC1c2ccccc2CC[C@@H]1O. The number of alkyl carbamates (subject to hydrolysis) is 1. The summed E-state index contributed by atoms with van der Waals surface area (Å²) in [6.45, 7) is 5.35. The van der Waals surface area contributed by atoms with Crippen molar-refractivity contribution in [2.24, 2.45) is 5.92 Å². The lowest BCUT2D eigenvalue weighted by Crippen LogP contribution is -2.49. The summed E-state index contributed by atoms with van der Waals surface area (Å²) in [5.41, 5.74) is 3.25. The number of carbonyl (C=O) groups is 2. The molecule has 218 valence electrons. The highest BCUT2D eigenvalue weighted by Crippen LogP contribution is 2.31. The maximum atomic E-state index is 13.9. The highest BCUT2D eigenvalue weighted by Gasteiger charge is 2.34. The molecule has 0 heterocycles. The number of ether oxygens (including phenoxy) is 1. The van der Waals surface area contributed by atoms with Crippen LogP contribution in [0, 0.1) is 5.92 Å². The van der Waals surface area contributed by atoms with Crippen LogP contribution in [0.2, 0.25) is 0 Å². The Labute approximate surface area is 243 Å². The molecule has 4 rings (SSSR count). The van der Waals surface area contributed by atoms with Crippen LogP contribution in [-0.2, 0) is 28.8 Å². The molecule has 2 amide bonds. The molecule has 0 saturated heterocycles. The standard InChI is InChI=1S/C34H42N2O5/c1-34(2,3)41-33(40)35-28(21-24-14-8-5-9-15-24)30(38)22-26(20-23-12-6-4-7-13-23)32(39)36-31-27-17-11-10-16-25(27)18-19-29(31)37/h4-17,26,28-31,37-38H,18-22H2,1-3H3,(H,35,40)(H,36,39)/t26-,28+,29+,30+,31?/m1/s1. The largest absolute Gasteiger partial charge is 0.444 e. The van der Waals surface area contributed by atoms with Gasteiger partial charge in [0.1, 0.15) is 5.60 Å². The van der Waals surface area contributed by atoms with Crippen LogP contribution in [0.1, 0.15) is 61.9 Å². The molecule has 4 N–H and O–H groups in total. The van der Waals surface area contributed by atoms with E-state index in [1.54, 1.807) is 20.8 Å². The zero-order chi connectivity index (χ0) is 29.4. The van der Waals surface area contributed by atoms with Crippen LogP contribution >= 0.6 is 0 Å². The van der Waals surface area contributed by atoms with Crippen molar-refractivity contribution >= 4 is 12.0 Å². The van der Waals surface area contributed by atoms with Crippen LogP contribution < -0.4 is 10.6 Å². The summed E-state index contributed by atoms with van der Waals surface area (Å²) in [5, 5.41) is 28.3. The number of aryl methyl sites for hydroxylation is 1. The molecule has 0 bridgehead atoms. The van der Waals surface area contributed by atoms with Gasteiger partial charge in [-0.2, -0.15) is 0 Å². The Morgan fingerprint density at radius 3 is 2.12 bits per heavy atom. The predicted octanol–water partition coefficient (Wildman–Crippen LogP) is 4.90. The summed E-state index contributed by atoms with van der Waals surface area (Å²) in [7, 11) is 0. The summed E-state index contributed by atoms with van der Waals surface area (Å²) in [4.78, 5) is 26.6. The minimum atomic E-state index is -1.04. The number of aliphatic hydroxyl groups is 2. The maximum absolute atomic E-state index is 13.9. The first-order chi connectivity index (χ1) is 19.6. The molecule has 1 aliphatic carbocycles. The number of aliphatic hydroxyl groups excluding tert-OH is 2. The molecule has 1 unspecified atom stereocenters. The van der Waals surface area contributed by atoms with Crippen LogP contribution in [0.15, 0.2) is 84.9 Å². The third-order valence-electron chi connectivity index (χ3n) is 7.47. The summed E-state index contributed by atoms with van der Waals surface area (Å²) in [6, 6.07) is 25.9. The average Bonchev–Trinajstić information content (AvgIpc) is 2.94. The molecule has 0 aliphatic heterocycles. The molecule has 7 nitrogen and oxygen atoms in total. The van der Waals surface area contributed by atoms with Crippen molar-refractivity contribution in [1.82, 2.24) is 10.6 Å². The van der Waals surface area contributed by atoms with Gasteiger partial charge in [0.15, 0.2) is 0 Å². The third-order valence-corrected chi connectivity index (χ3v) is 7.47. The van der Waals surface area contributed by atoms with Crippen molar-refractivity contribution in [3.8, 4) is 0 Å². The van der Waals surface area contributed by atoms with Gasteiger partial charge in [0.2, 0.25) is 5.91 Å². The Morgan fingerprint density at radius 2 is 1.49 bits per heavy atom. The highest BCUT2D eigenvalue weighted by molar-refractivity contribution is 5.79. The van der Waals surface area contributed by atoms with Crippen LogP contribution in [0.25, 0.3) is 0 Å². The van der Waals surface area contributed by atoms with E-state index >= 15 is 0 Å². The normalized spacial score (nSPS) is 18.9. The van der Waals surface area contributed by atoms with Gasteiger partial charge in [-0.1, -0.05) is 84.9 Å². The smallest absolute Gasteiger partial charge is 0.407 e. The Morgan fingerprint density at radius 1 is 0.902 bits per heavy atom. The molecule has 41 heavy (non-hydrogen) atoms. The van der Waals surface area contributed by atoms with E-state index in [1.807, 2.05) is 84.9 Å². The van der Waals surface area contributed by atoms with Crippen molar-refractivity contribution in [2.75, 3.05) is 0 Å². The highest BCUT2D eigenvalue weighted by atomic mass is 16.6. The molecule has 1 aliphatic rings. The quantitative estimate of drug-likeness (QED) is 0.283. The second-order valence-electron chi connectivity index (χ2n) is 11.9. The Balaban J connectivity index is 1.56. The average molecular weight is 559 g/mol. The Bertz CT molecular complexity index is 1280. The van der Waals surface area contributed by atoms with Crippen LogP contribution in [-0.4, -0.2) is 46.1 Å². The van der Waals surface area contributed by atoms with Gasteiger partial charge in [-0.05, 0) is 75.1 Å². The molecule has 7 heteroatoms. The second kappa shape index (κ2) is 13.8. The summed E-state index contributed by atoms with van der Waals surface area (Å²) >= 11 is 0. The number of hydrogen-bond acceptors (Lipinski definition) is 5. The molecule has 0 saturated carbocycles. The molecule has 5 atom stereocenters. The van der Waals surface area contributed by atoms with E-state index in [2.05, 4.69) is 10.6 Å². The first-order valence-corrected chi connectivity index (χ1v) is 14.4. The number of fused-ring (bicyclic) bond motifs is 1. The Kier molecular flexibility index (Phi) is 10.2. The molecular formula is C34H42N2O5. The van der Waals surface area contributed by atoms with Crippen LogP contribution in [0.4, 0.5) is 4.79 Å². The van der Waals surface area contributed by atoms with E-state index in [0.717, 1.165) is 28.7 Å². The van der Waals surface area contributed by atoms with Crippen molar-refractivity contribution in [1.29, 1.82) is 0 Å². The number of rotatable bonds is 10. The van der Waals surface area contributed by atoms with Gasteiger partial charge in [-0.3, -0.25) is 4.79 Å². The lowest BCUT2D eigenvalue weighted by Gasteiger charge is -2.33. The van der Waals surface area contributed by atoms with Gasteiger partial charge in [0, 0.05) is 5.92 Å². The van der Waals surface area contributed by atoms with Crippen molar-refractivity contribution in [3.05, 3.63) is 107 Å². The van der Waals surface area contributed by atoms with Crippen LogP contribution in [0.3, 0.4) is 0 Å². The van der Waals surface area contributed by atoms with E-state index < -0.39 is 41.9 Å². The number of benzene rings is 3. The maximum Gasteiger partial charge on any atom is 0.407 e. The summed E-state index contributed by atoms with van der Waals surface area (Å²) < 4.78 is 5.48. The second-order valence-corrected chi connectivity index (χ2v) is 11.9. The van der Waals surface area contributed by atoms with E-state index in [9.17, 15) is 19.8 Å². The van der Waals surface area contributed by atoms with E-state index in [4.69, 9.17) is 4.74 Å². The fourth-order valence-corrected chi connectivity index (χ4v) is 5.44. The third kappa shape index (κ3) is 8.90. The number of carbonyl (C=O) groups excluding carboxylic acids is 2. The minimum absolute atomic E-state index is 0.110. The minimum Gasteiger partial charge on any atom is -0.444 e. The number of amides is 2. The zero-order valence-corrected chi connectivity index (χ0v) is 24.1. The lowest BCUT2D eigenvalue weighted by atomic mass is 9.84. The molecule has 0 spiro atoms. The lowest BCUT2D eigenvalue weighted by molar-refractivity contribution is -0.128. The topological polar surface area (TPSA) is 108 Å². The summed E-state index contributed by atoms with van der Waals surface area (Å²) in [6.07, 6.45) is -0.155. The van der Waals surface area contributed by atoms with E-state index in [-0.39, 0.29) is 12.3 Å². The van der Waals surface area contributed by atoms with Gasteiger partial charge in [0.05, 0.1) is 24.3 Å². The van der Waals surface area contributed by atoms with Crippen LogP contribution in [0.5, 0.6) is 0 Å². The van der Waals surface area contributed by atoms with Gasteiger partial charge < -0.3 is 25.6 Å². The monoisotopic (exact) mass is 558 g/mol. The molecular weight excluding hydrogens is 516 g/mol. The van der Waals surface area contributed by atoms with Crippen molar-refractivity contribution < 1.29 is 24.5 Å². The van der Waals surface area contributed by atoms with Gasteiger partial charge in [-0.15, -0.1) is 0 Å². The first kappa shape index (κ1) is 30.3. The fourth-order valence-electron chi connectivity index (χ4n) is 5.44. The van der Waals surface area contributed by atoms with Gasteiger partial charge >= 0.3 is 6.09 Å². The van der Waals surface area contributed by atoms with Gasteiger partial charge in [0.25, 0.3) is 0 Å². The number of hydrogen-bond donors (Lipinski definition) is 4.